The molecule has 1 fully saturated rings. The third kappa shape index (κ3) is 2.76. The van der Waals surface area contributed by atoms with Crippen molar-refractivity contribution in [2.45, 2.75) is 18.9 Å². The molecule has 0 radical (unpaired) electrons. The van der Waals surface area contributed by atoms with Gasteiger partial charge in [0, 0.05) is 25.0 Å². The van der Waals surface area contributed by atoms with Crippen LogP contribution in [0.1, 0.15) is 24.4 Å². The first-order valence-electron chi connectivity index (χ1n) is 5.69. The van der Waals surface area contributed by atoms with Crippen molar-refractivity contribution < 1.29 is 0 Å². The van der Waals surface area contributed by atoms with Gasteiger partial charge in [-0.1, -0.05) is 0 Å². The number of likely N-dealkylation sites (N-methyl/N-ethyl adjacent to an activating group) is 1. The number of nitrogens with one attached hydrogen (secondary N) is 1. The maximum absolute atomic E-state index is 4.05. The molecule has 3 nitrogen and oxygen atoms in total. The van der Waals surface area contributed by atoms with Gasteiger partial charge in [-0.25, -0.2) is 0 Å². The van der Waals surface area contributed by atoms with E-state index in [0.29, 0.717) is 6.04 Å². The van der Waals surface area contributed by atoms with Crippen LogP contribution in [-0.2, 0) is 0 Å². The average molecular weight is 205 g/mol. The Morgan fingerprint density at radius 3 is 2.60 bits per heavy atom. The minimum atomic E-state index is 0.436. The van der Waals surface area contributed by atoms with Gasteiger partial charge in [-0.3, -0.25) is 4.98 Å². The van der Waals surface area contributed by atoms with Gasteiger partial charge in [0.1, 0.15) is 0 Å². The van der Waals surface area contributed by atoms with E-state index in [1.54, 1.807) is 0 Å². The fourth-order valence-electron chi connectivity index (χ4n) is 2.18. The molecule has 0 aromatic carbocycles. The van der Waals surface area contributed by atoms with Crippen molar-refractivity contribution in [2.75, 3.05) is 26.7 Å². The topological polar surface area (TPSA) is 28.2 Å². The number of likely N-dealkylation sites (tertiary alicyclic amines) is 1. The van der Waals surface area contributed by atoms with Gasteiger partial charge < -0.3 is 10.2 Å². The zero-order valence-electron chi connectivity index (χ0n) is 9.32. The Kier molecular flexibility index (Phi) is 3.69. The highest BCUT2D eigenvalue weighted by molar-refractivity contribution is 5.15. The van der Waals surface area contributed by atoms with E-state index in [4.69, 9.17) is 0 Å². The molecule has 2 rings (SSSR count). The minimum Gasteiger partial charge on any atom is -0.312 e. The normalized spacial score (nSPS) is 19.3. The van der Waals surface area contributed by atoms with E-state index < -0.39 is 0 Å². The lowest BCUT2D eigenvalue weighted by molar-refractivity contribution is 0.299. The molecule has 1 saturated heterocycles. The zero-order valence-corrected chi connectivity index (χ0v) is 9.32. The van der Waals surface area contributed by atoms with Crippen molar-refractivity contribution in [3.63, 3.8) is 0 Å². The summed E-state index contributed by atoms with van der Waals surface area (Å²) < 4.78 is 0. The van der Waals surface area contributed by atoms with Crippen LogP contribution in [0.15, 0.2) is 24.5 Å². The van der Waals surface area contributed by atoms with Gasteiger partial charge in [0.15, 0.2) is 0 Å². The molecule has 0 amide bonds. The lowest BCUT2D eigenvalue weighted by atomic mass is 10.1. The molecule has 0 bridgehead atoms. The summed E-state index contributed by atoms with van der Waals surface area (Å²) in [7, 11) is 2.03. The van der Waals surface area contributed by atoms with Crippen LogP contribution in [0.3, 0.4) is 0 Å². The molecule has 82 valence electrons. The van der Waals surface area contributed by atoms with Gasteiger partial charge in [0.05, 0.1) is 0 Å². The van der Waals surface area contributed by atoms with Crippen LogP contribution in [0.5, 0.6) is 0 Å². The average Bonchev–Trinajstić information content (AvgIpc) is 2.80. The van der Waals surface area contributed by atoms with Gasteiger partial charge in [-0.15, -0.1) is 0 Å². The highest BCUT2D eigenvalue weighted by atomic mass is 15.2. The Hall–Kier alpha value is -0.930. The Morgan fingerprint density at radius 1 is 1.33 bits per heavy atom. The molecule has 1 aromatic heterocycles. The Bertz CT molecular complexity index is 280. The minimum absolute atomic E-state index is 0.436. The standard InChI is InChI=1S/C12H19N3/c1-13-12(10-15-8-2-3-9-15)11-4-6-14-7-5-11/h4-7,12-13H,2-3,8-10H2,1H3. The van der Waals surface area contributed by atoms with Gasteiger partial charge in [-0.2, -0.15) is 0 Å². The molecule has 1 atom stereocenters. The Labute approximate surface area is 91.5 Å². The summed E-state index contributed by atoms with van der Waals surface area (Å²) in [5.74, 6) is 0. The second-order valence-electron chi connectivity index (χ2n) is 4.13. The van der Waals surface area contributed by atoms with Crippen molar-refractivity contribution in [1.82, 2.24) is 15.2 Å². The molecule has 1 unspecified atom stereocenters. The highest BCUT2D eigenvalue weighted by Gasteiger charge is 2.17. The molecule has 2 heterocycles. The van der Waals surface area contributed by atoms with Crippen molar-refractivity contribution in [1.29, 1.82) is 0 Å². The fourth-order valence-corrected chi connectivity index (χ4v) is 2.18. The molecule has 3 heteroatoms. The first kappa shape index (κ1) is 10.6. The van der Waals surface area contributed by atoms with Gasteiger partial charge in [0.25, 0.3) is 0 Å². The van der Waals surface area contributed by atoms with Crippen LogP contribution in [-0.4, -0.2) is 36.6 Å². The van der Waals surface area contributed by atoms with E-state index in [-0.39, 0.29) is 0 Å². The molecular formula is C12H19N3. The van der Waals surface area contributed by atoms with Gasteiger partial charge in [0.2, 0.25) is 0 Å². The zero-order chi connectivity index (χ0) is 10.5. The summed E-state index contributed by atoms with van der Waals surface area (Å²) in [6.45, 7) is 3.62. The smallest absolute Gasteiger partial charge is 0.0447 e. The third-order valence-corrected chi connectivity index (χ3v) is 3.10. The molecule has 1 aliphatic heterocycles. The summed E-state index contributed by atoms with van der Waals surface area (Å²) in [6.07, 6.45) is 6.44. The maximum atomic E-state index is 4.05. The fraction of sp³-hybridized carbons (Fsp3) is 0.583. The van der Waals surface area contributed by atoms with E-state index in [1.807, 2.05) is 19.4 Å². The van der Waals surface area contributed by atoms with Crippen LogP contribution in [0.4, 0.5) is 0 Å². The van der Waals surface area contributed by atoms with Crippen molar-refractivity contribution in [3.05, 3.63) is 30.1 Å². The first-order chi connectivity index (χ1) is 7.40. The van der Waals surface area contributed by atoms with E-state index in [0.717, 1.165) is 6.54 Å². The molecule has 1 N–H and O–H groups in total. The van der Waals surface area contributed by atoms with Gasteiger partial charge >= 0.3 is 0 Å². The lowest BCUT2D eigenvalue weighted by Crippen LogP contribution is -2.31. The predicted molar refractivity (Wildman–Crippen MR) is 61.7 cm³/mol. The summed E-state index contributed by atoms with van der Waals surface area (Å²) in [5, 5.41) is 3.38. The van der Waals surface area contributed by atoms with Gasteiger partial charge in [-0.05, 0) is 50.7 Å². The SMILES string of the molecule is CNC(CN1CCCC1)c1ccncc1. The number of aromatic nitrogens is 1. The number of hydrogen-bond acceptors (Lipinski definition) is 3. The molecular weight excluding hydrogens is 186 g/mol. The van der Waals surface area contributed by atoms with Crippen LogP contribution in [0.25, 0.3) is 0 Å². The Balaban J connectivity index is 1.97. The second-order valence-corrected chi connectivity index (χ2v) is 4.13. The van der Waals surface area contributed by atoms with Crippen molar-refractivity contribution >= 4 is 0 Å². The van der Waals surface area contributed by atoms with E-state index in [1.165, 1.54) is 31.5 Å². The van der Waals surface area contributed by atoms with Crippen LogP contribution in [0.2, 0.25) is 0 Å². The highest BCUT2D eigenvalue weighted by Crippen LogP contribution is 2.16. The van der Waals surface area contributed by atoms with Crippen molar-refractivity contribution in [2.24, 2.45) is 0 Å². The maximum Gasteiger partial charge on any atom is 0.0447 e. The molecule has 1 aromatic rings. The van der Waals surface area contributed by atoms with Crippen LogP contribution >= 0.6 is 0 Å². The van der Waals surface area contributed by atoms with E-state index in [2.05, 4.69) is 27.3 Å². The second kappa shape index (κ2) is 5.24. The van der Waals surface area contributed by atoms with Crippen LogP contribution in [0, 0.1) is 0 Å². The number of nitrogens with zero attached hydrogens (tertiary/aromatic N) is 2. The van der Waals surface area contributed by atoms with E-state index >= 15 is 0 Å². The molecule has 0 spiro atoms. The quantitative estimate of drug-likeness (QED) is 0.806. The van der Waals surface area contributed by atoms with E-state index in [9.17, 15) is 0 Å². The number of rotatable bonds is 4. The molecule has 0 saturated carbocycles. The van der Waals surface area contributed by atoms with Crippen LogP contribution < -0.4 is 5.32 Å². The predicted octanol–water partition coefficient (Wildman–Crippen LogP) is 1.44. The lowest BCUT2D eigenvalue weighted by Gasteiger charge is -2.23. The summed E-state index contributed by atoms with van der Waals surface area (Å²) in [5.41, 5.74) is 1.33. The molecule has 0 aliphatic carbocycles. The Morgan fingerprint density at radius 2 is 2.00 bits per heavy atom. The monoisotopic (exact) mass is 205 g/mol. The largest absolute Gasteiger partial charge is 0.312 e. The summed E-state index contributed by atoms with van der Waals surface area (Å²) in [6, 6.07) is 4.63. The third-order valence-electron chi connectivity index (χ3n) is 3.10. The first-order valence-corrected chi connectivity index (χ1v) is 5.69. The summed E-state index contributed by atoms with van der Waals surface area (Å²) in [4.78, 5) is 6.58. The van der Waals surface area contributed by atoms with Crippen molar-refractivity contribution in [3.8, 4) is 0 Å². The summed E-state index contributed by atoms with van der Waals surface area (Å²) >= 11 is 0. The molecule has 1 aliphatic rings. The molecule has 15 heavy (non-hydrogen) atoms. The number of hydrogen-bond donors (Lipinski definition) is 1. The number of pyridine rings is 1.